The lowest BCUT2D eigenvalue weighted by Gasteiger charge is -2.00. The van der Waals surface area contributed by atoms with Gasteiger partial charge in [-0.25, -0.2) is 4.98 Å². The van der Waals surface area contributed by atoms with Gasteiger partial charge in [-0.1, -0.05) is 0 Å². The molecule has 16 heavy (non-hydrogen) atoms. The van der Waals surface area contributed by atoms with Crippen molar-refractivity contribution in [3.05, 3.63) is 40.5 Å². The number of halogens is 1. The molecule has 3 heterocycles. The molecule has 0 saturated heterocycles. The molecule has 0 aliphatic rings. The lowest BCUT2D eigenvalue weighted by atomic mass is 10.1. The van der Waals surface area contributed by atoms with E-state index >= 15 is 0 Å². The van der Waals surface area contributed by atoms with E-state index in [4.69, 9.17) is 0 Å². The maximum Gasteiger partial charge on any atom is 0.102 e. The molecule has 3 aromatic heterocycles. The normalized spacial score (nSPS) is 10.8. The summed E-state index contributed by atoms with van der Waals surface area (Å²) >= 11 is 2.20. The average Bonchev–Trinajstić information content (AvgIpc) is 2.81. The van der Waals surface area contributed by atoms with Crippen LogP contribution in [0.1, 0.15) is 0 Å². The van der Waals surface area contributed by atoms with Gasteiger partial charge in [0, 0.05) is 23.5 Å². The first kappa shape index (κ1) is 9.71. The van der Waals surface area contributed by atoms with E-state index in [-0.39, 0.29) is 0 Å². The minimum atomic E-state index is 0.908. The summed E-state index contributed by atoms with van der Waals surface area (Å²) in [7, 11) is 0. The largest absolute Gasteiger partial charge is 0.285 e. The number of nitrogens with zero attached hydrogens (tertiary/aromatic N) is 3. The monoisotopic (exact) mass is 322 g/mol. The molecule has 78 valence electrons. The number of nitrogens with one attached hydrogen (secondary N) is 1. The maximum absolute atomic E-state index is 4.44. The second-order valence-corrected chi connectivity index (χ2v) is 4.49. The molecule has 3 rings (SSSR count). The molecule has 3 aromatic rings. The Morgan fingerprint density at radius 1 is 1.06 bits per heavy atom. The van der Waals surface area contributed by atoms with Crippen molar-refractivity contribution >= 4 is 33.6 Å². The Morgan fingerprint density at radius 2 is 2.00 bits per heavy atom. The van der Waals surface area contributed by atoms with E-state index in [0.29, 0.717) is 0 Å². The van der Waals surface area contributed by atoms with Crippen LogP contribution < -0.4 is 0 Å². The van der Waals surface area contributed by atoms with Gasteiger partial charge in [0.25, 0.3) is 0 Å². The summed E-state index contributed by atoms with van der Waals surface area (Å²) in [5, 5.41) is 6.71. The van der Waals surface area contributed by atoms with Crippen LogP contribution >= 0.6 is 22.6 Å². The zero-order valence-electron chi connectivity index (χ0n) is 8.18. The Kier molecular flexibility index (Phi) is 2.32. The second-order valence-electron chi connectivity index (χ2n) is 3.38. The Morgan fingerprint density at radius 3 is 2.81 bits per heavy atom. The fourth-order valence-electron chi connectivity index (χ4n) is 1.55. The van der Waals surface area contributed by atoms with Crippen LogP contribution in [0.2, 0.25) is 0 Å². The van der Waals surface area contributed by atoms with Crippen molar-refractivity contribution in [2.45, 2.75) is 0 Å². The third-order valence-electron chi connectivity index (χ3n) is 2.33. The number of H-pyrrole nitrogens is 1. The summed E-state index contributed by atoms with van der Waals surface area (Å²) in [4.78, 5) is 8.81. The number of fused-ring (bicyclic) bond motifs is 1. The highest BCUT2D eigenvalue weighted by atomic mass is 127. The number of pyridine rings is 2. The summed E-state index contributed by atoms with van der Waals surface area (Å²) in [6, 6.07) is 5.95. The molecule has 0 amide bonds. The van der Waals surface area contributed by atoms with Crippen LogP contribution in [0.15, 0.2) is 36.8 Å². The van der Waals surface area contributed by atoms with Gasteiger partial charge < -0.3 is 0 Å². The third kappa shape index (κ3) is 1.67. The molecule has 0 fully saturated rings. The van der Waals surface area contributed by atoms with E-state index in [1.807, 2.05) is 30.6 Å². The zero-order chi connectivity index (χ0) is 11.0. The highest BCUT2D eigenvalue weighted by Crippen LogP contribution is 2.20. The first-order valence-corrected chi connectivity index (χ1v) is 5.82. The number of rotatable bonds is 1. The van der Waals surface area contributed by atoms with Gasteiger partial charge >= 0.3 is 0 Å². The molecule has 5 heteroatoms. The average molecular weight is 322 g/mol. The lowest BCUT2D eigenvalue weighted by Crippen LogP contribution is -1.86. The molecule has 0 aliphatic heterocycles. The lowest BCUT2D eigenvalue weighted by molar-refractivity contribution is 1.09. The van der Waals surface area contributed by atoms with Crippen molar-refractivity contribution in [1.29, 1.82) is 0 Å². The van der Waals surface area contributed by atoms with E-state index < -0.39 is 0 Å². The first-order chi connectivity index (χ1) is 7.83. The predicted molar refractivity (Wildman–Crippen MR) is 69.8 cm³/mol. The smallest absolute Gasteiger partial charge is 0.102 e. The molecule has 0 bridgehead atoms. The molecule has 0 spiro atoms. The van der Waals surface area contributed by atoms with Crippen molar-refractivity contribution < 1.29 is 0 Å². The number of aromatic nitrogens is 4. The maximum atomic E-state index is 4.44. The summed E-state index contributed by atoms with van der Waals surface area (Å²) in [5.41, 5.74) is 3.86. The Labute approximate surface area is 105 Å². The fraction of sp³-hybridized carbons (Fsp3) is 0. The van der Waals surface area contributed by atoms with Crippen molar-refractivity contribution in [2.75, 3.05) is 0 Å². The van der Waals surface area contributed by atoms with Crippen molar-refractivity contribution in [1.82, 2.24) is 20.2 Å². The molecule has 0 aromatic carbocycles. The first-order valence-electron chi connectivity index (χ1n) is 4.74. The highest BCUT2D eigenvalue weighted by molar-refractivity contribution is 14.1. The Hall–Kier alpha value is -1.50. The van der Waals surface area contributed by atoms with Crippen molar-refractivity contribution in [2.24, 2.45) is 0 Å². The third-order valence-corrected chi connectivity index (χ3v) is 2.94. The van der Waals surface area contributed by atoms with Crippen LogP contribution in [-0.4, -0.2) is 20.2 Å². The molecular formula is C11H7IN4. The van der Waals surface area contributed by atoms with E-state index in [9.17, 15) is 0 Å². The summed E-state index contributed by atoms with van der Waals surface area (Å²) in [6.45, 7) is 0. The van der Waals surface area contributed by atoms with Gasteiger partial charge in [-0.3, -0.25) is 10.1 Å². The summed E-state index contributed by atoms with van der Waals surface area (Å²) in [6.07, 6.45) is 5.45. The Bertz CT molecular complexity index is 634. The standard InChI is InChI=1S/C11H7IN4/c12-11-2-1-9-10(16-11)3-7(4-13-9)8-5-14-15-6-8/h1-6H,(H,14,15). The van der Waals surface area contributed by atoms with Crippen LogP contribution in [-0.2, 0) is 0 Å². The minimum absolute atomic E-state index is 0.908. The van der Waals surface area contributed by atoms with Crippen LogP contribution in [0.3, 0.4) is 0 Å². The molecule has 0 saturated carbocycles. The molecule has 0 atom stereocenters. The minimum Gasteiger partial charge on any atom is -0.285 e. The quantitative estimate of drug-likeness (QED) is 0.553. The molecule has 4 nitrogen and oxygen atoms in total. The van der Waals surface area contributed by atoms with Gasteiger partial charge in [-0.05, 0) is 40.8 Å². The predicted octanol–water partition coefficient (Wildman–Crippen LogP) is 2.62. The van der Waals surface area contributed by atoms with Crippen LogP contribution in [0.5, 0.6) is 0 Å². The zero-order valence-corrected chi connectivity index (χ0v) is 10.3. The number of aromatic amines is 1. The van der Waals surface area contributed by atoms with Gasteiger partial charge in [-0.15, -0.1) is 0 Å². The van der Waals surface area contributed by atoms with Crippen LogP contribution in [0, 0.1) is 3.70 Å². The van der Waals surface area contributed by atoms with E-state index in [1.165, 1.54) is 0 Å². The Balaban J connectivity index is 2.22. The molecule has 0 radical (unpaired) electrons. The van der Waals surface area contributed by atoms with Crippen LogP contribution in [0.4, 0.5) is 0 Å². The van der Waals surface area contributed by atoms with Gasteiger partial charge in [0.2, 0.25) is 0 Å². The second kappa shape index (κ2) is 3.82. The van der Waals surface area contributed by atoms with Gasteiger partial charge in [0.1, 0.15) is 3.70 Å². The van der Waals surface area contributed by atoms with Gasteiger partial charge in [0.05, 0.1) is 17.2 Å². The van der Waals surface area contributed by atoms with Crippen molar-refractivity contribution in [3.8, 4) is 11.1 Å². The molecule has 1 N–H and O–H groups in total. The van der Waals surface area contributed by atoms with Crippen LogP contribution in [0.25, 0.3) is 22.2 Å². The summed E-state index contributed by atoms with van der Waals surface area (Å²) < 4.78 is 0.969. The SMILES string of the molecule is Ic1ccc2ncc(-c3cn[nH]c3)cc2n1. The molecule has 0 unspecified atom stereocenters. The topological polar surface area (TPSA) is 54.5 Å². The number of hydrogen-bond donors (Lipinski definition) is 1. The fourth-order valence-corrected chi connectivity index (χ4v) is 1.99. The highest BCUT2D eigenvalue weighted by Gasteiger charge is 2.02. The molecular weight excluding hydrogens is 315 g/mol. The summed E-state index contributed by atoms with van der Waals surface area (Å²) in [5.74, 6) is 0. The molecule has 0 aliphatic carbocycles. The van der Waals surface area contributed by atoms with Gasteiger partial charge in [0.15, 0.2) is 0 Å². The number of hydrogen-bond acceptors (Lipinski definition) is 3. The van der Waals surface area contributed by atoms with E-state index in [0.717, 1.165) is 25.9 Å². The van der Waals surface area contributed by atoms with E-state index in [1.54, 1.807) is 6.20 Å². The van der Waals surface area contributed by atoms with Gasteiger partial charge in [-0.2, -0.15) is 5.10 Å². The van der Waals surface area contributed by atoms with Crippen molar-refractivity contribution in [3.63, 3.8) is 0 Å². The van der Waals surface area contributed by atoms with E-state index in [2.05, 4.69) is 42.8 Å².